The maximum absolute atomic E-state index is 12.2. The Morgan fingerprint density at radius 2 is 1.89 bits per heavy atom. The number of aliphatic hydroxyl groups excluding tert-OH is 1. The van der Waals surface area contributed by atoms with Crippen LogP contribution in [0.4, 0.5) is 0 Å². The number of nitrogens with one attached hydrogen (secondary N) is 1. The van der Waals surface area contributed by atoms with E-state index < -0.39 is 24.0 Å². The zero-order valence-electron chi connectivity index (χ0n) is 10.1. The van der Waals surface area contributed by atoms with E-state index in [0.29, 0.717) is 12.8 Å². The van der Waals surface area contributed by atoms with Crippen LogP contribution in [0.1, 0.15) is 18.4 Å². The Morgan fingerprint density at radius 1 is 1.32 bits per heavy atom. The summed E-state index contributed by atoms with van der Waals surface area (Å²) in [6.07, 6.45) is 1.39. The van der Waals surface area contributed by atoms with Crippen LogP contribution in [-0.4, -0.2) is 34.7 Å². The SMILES string of the molecule is O=C(O)[C@H](CO)NC(=O)C1(c2ccc(Br)cc2)CC1. The number of hydrogen-bond donors (Lipinski definition) is 3. The quantitative estimate of drug-likeness (QED) is 0.754. The van der Waals surface area contributed by atoms with Crippen molar-refractivity contribution in [2.45, 2.75) is 24.3 Å². The van der Waals surface area contributed by atoms with Crippen molar-refractivity contribution in [2.24, 2.45) is 0 Å². The Bertz CT molecular complexity index is 496. The van der Waals surface area contributed by atoms with Crippen molar-refractivity contribution in [2.75, 3.05) is 6.61 Å². The van der Waals surface area contributed by atoms with Crippen molar-refractivity contribution in [1.29, 1.82) is 0 Å². The predicted molar refractivity (Wildman–Crippen MR) is 71.7 cm³/mol. The molecule has 6 heteroatoms. The highest BCUT2D eigenvalue weighted by atomic mass is 79.9. The molecule has 1 aromatic carbocycles. The van der Waals surface area contributed by atoms with Crippen molar-refractivity contribution in [3.8, 4) is 0 Å². The predicted octanol–water partition coefficient (Wildman–Crippen LogP) is 1.04. The van der Waals surface area contributed by atoms with Gasteiger partial charge in [0.15, 0.2) is 0 Å². The van der Waals surface area contributed by atoms with Crippen LogP contribution in [0.15, 0.2) is 28.7 Å². The molecular formula is C13H14BrNO4. The summed E-state index contributed by atoms with van der Waals surface area (Å²) in [5.41, 5.74) is 0.235. The van der Waals surface area contributed by atoms with Gasteiger partial charge in [-0.25, -0.2) is 4.79 Å². The average Bonchev–Trinajstić information content (AvgIpc) is 3.17. The van der Waals surface area contributed by atoms with Crippen molar-refractivity contribution in [3.05, 3.63) is 34.3 Å². The highest BCUT2D eigenvalue weighted by Crippen LogP contribution is 2.48. The van der Waals surface area contributed by atoms with Crippen LogP contribution in [0.5, 0.6) is 0 Å². The van der Waals surface area contributed by atoms with Gasteiger partial charge in [-0.2, -0.15) is 0 Å². The lowest BCUT2D eigenvalue weighted by molar-refractivity contribution is -0.143. The minimum atomic E-state index is -1.25. The lowest BCUT2D eigenvalue weighted by atomic mass is 9.95. The summed E-state index contributed by atoms with van der Waals surface area (Å²) < 4.78 is 0.922. The van der Waals surface area contributed by atoms with E-state index in [0.717, 1.165) is 10.0 Å². The topological polar surface area (TPSA) is 86.6 Å². The highest BCUT2D eigenvalue weighted by Gasteiger charge is 2.51. The summed E-state index contributed by atoms with van der Waals surface area (Å²) in [6.45, 7) is -0.614. The third-order valence-corrected chi connectivity index (χ3v) is 3.90. The van der Waals surface area contributed by atoms with E-state index in [4.69, 9.17) is 10.2 Å². The fourth-order valence-electron chi connectivity index (χ4n) is 2.02. The molecule has 102 valence electrons. The Balaban J connectivity index is 2.14. The fraction of sp³-hybridized carbons (Fsp3) is 0.385. The van der Waals surface area contributed by atoms with Crippen molar-refractivity contribution >= 4 is 27.8 Å². The molecule has 1 aliphatic carbocycles. The molecule has 1 atom stereocenters. The third kappa shape index (κ3) is 2.79. The van der Waals surface area contributed by atoms with E-state index >= 15 is 0 Å². The monoisotopic (exact) mass is 327 g/mol. The van der Waals surface area contributed by atoms with E-state index in [-0.39, 0.29) is 5.91 Å². The summed E-state index contributed by atoms with van der Waals surface area (Å²) in [5, 5.41) is 20.2. The van der Waals surface area contributed by atoms with Crippen LogP contribution >= 0.6 is 15.9 Å². The first-order valence-electron chi connectivity index (χ1n) is 5.90. The number of hydrogen-bond acceptors (Lipinski definition) is 3. The van der Waals surface area contributed by atoms with Crippen molar-refractivity contribution < 1.29 is 19.8 Å². The van der Waals surface area contributed by atoms with Gasteiger partial charge in [-0.1, -0.05) is 28.1 Å². The van der Waals surface area contributed by atoms with Crippen LogP contribution in [0.2, 0.25) is 0 Å². The van der Waals surface area contributed by atoms with Gasteiger partial charge < -0.3 is 15.5 Å². The third-order valence-electron chi connectivity index (χ3n) is 3.37. The molecule has 0 heterocycles. The zero-order chi connectivity index (χ0) is 14.0. The van der Waals surface area contributed by atoms with Gasteiger partial charge in [0.2, 0.25) is 5.91 Å². The molecule has 3 N–H and O–H groups in total. The second-order valence-electron chi connectivity index (χ2n) is 4.64. The molecule has 1 aliphatic rings. The van der Waals surface area contributed by atoms with Gasteiger partial charge in [-0.15, -0.1) is 0 Å². The van der Waals surface area contributed by atoms with E-state index in [1.54, 1.807) is 0 Å². The minimum absolute atomic E-state index is 0.337. The second kappa shape index (κ2) is 5.30. The molecule has 19 heavy (non-hydrogen) atoms. The standard InChI is InChI=1S/C13H14BrNO4/c14-9-3-1-8(2-4-9)13(5-6-13)12(19)15-10(7-16)11(17)18/h1-4,10,16H,5-7H2,(H,15,19)(H,17,18)/t10-/m0/s1. The van der Waals surface area contributed by atoms with Gasteiger partial charge in [0, 0.05) is 4.47 Å². The number of carbonyl (C=O) groups is 2. The molecule has 0 radical (unpaired) electrons. The normalized spacial score (nSPS) is 17.6. The molecule has 0 spiro atoms. The molecule has 0 saturated heterocycles. The number of aliphatic carboxylic acids is 1. The lowest BCUT2D eigenvalue weighted by Gasteiger charge is -2.19. The summed E-state index contributed by atoms with van der Waals surface area (Å²) >= 11 is 3.33. The number of carboxylic acid groups (broad SMARTS) is 1. The molecule has 2 rings (SSSR count). The minimum Gasteiger partial charge on any atom is -0.480 e. The molecule has 0 aromatic heterocycles. The largest absolute Gasteiger partial charge is 0.480 e. The molecule has 0 aliphatic heterocycles. The van der Waals surface area contributed by atoms with Crippen LogP contribution < -0.4 is 5.32 Å². The number of halogens is 1. The van der Waals surface area contributed by atoms with Crippen LogP contribution in [0.3, 0.4) is 0 Å². The molecule has 5 nitrogen and oxygen atoms in total. The smallest absolute Gasteiger partial charge is 0.328 e. The summed E-state index contributed by atoms with van der Waals surface area (Å²) in [7, 11) is 0. The zero-order valence-corrected chi connectivity index (χ0v) is 11.7. The summed E-state index contributed by atoms with van der Waals surface area (Å²) in [5.74, 6) is -1.57. The lowest BCUT2D eigenvalue weighted by Crippen LogP contribution is -2.47. The highest BCUT2D eigenvalue weighted by molar-refractivity contribution is 9.10. The van der Waals surface area contributed by atoms with Gasteiger partial charge >= 0.3 is 5.97 Å². The molecule has 1 fully saturated rings. The van der Waals surface area contributed by atoms with Gasteiger partial charge in [-0.3, -0.25) is 4.79 Å². The molecule has 1 saturated carbocycles. The van der Waals surface area contributed by atoms with Crippen LogP contribution in [0.25, 0.3) is 0 Å². The average molecular weight is 328 g/mol. The fourth-order valence-corrected chi connectivity index (χ4v) is 2.29. The first-order chi connectivity index (χ1) is 8.99. The van der Waals surface area contributed by atoms with E-state index in [1.807, 2.05) is 24.3 Å². The number of benzene rings is 1. The van der Waals surface area contributed by atoms with Crippen LogP contribution in [-0.2, 0) is 15.0 Å². The summed E-state index contributed by atoms with van der Waals surface area (Å²) in [6, 6.07) is 6.16. The Morgan fingerprint density at radius 3 is 2.32 bits per heavy atom. The first-order valence-corrected chi connectivity index (χ1v) is 6.69. The Hall–Kier alpha value is -1.40. The van der Waals surface area contributed by atoms with Gasteiger partial charge in [0.25, 0.3) is 0 Å². The number of carboxylic acids is 1. The number of amides is 1. The van der Waals surface area contributed by atoms with E-state index in [2.05, 4.69) is 21.2 Å². The van der Waals surface area contributed by atoms with Gasteiger partial charge in [-0.05, 0) is 30.5 Å². The van der Waals surface area contributed by atoms with Crippen molar-refractivity contribution in [3.63, 3.8) is 0 Å². The maximum atomic E-state index is 12.2. The molecular weight excluding hydrogens is 314 g/mol. The first kappa shape index (κ1) is 14.0. The maximum Gasteiger partial charge on any atom is 0.328 e. The molecule has 0 unspecified atom stereocenters. The summed E-state index contributed by atoms with van der Waals surface area (Å²) in [4.78, 5) is 23.0. The van der Waals surface area contributed by atoms with E-state index in [1.165, 1.54) is 0 Å². The van der Waals surface area contributed by atoms with E-state index in [9.17, 15) is 9.59 Å². The Kier molecular flexibility index (Phi) is 3.91. The van der Waals surface area contributed by atoms with Gasteiger partial charge in [0.1, 0.15) is 6.04 Å². The molecule has 0 bridgehead atoms. The molecule has 1 amide bonds. The number of carbonyl (C=O) groups excluding carboxylic acids is 1. The Labute approximate surface area is 118 Å². The molecule has 1 aromatic rings. The van der Waals surface area contributed by atoms with Crippen LogP contribution in [0, 0.1) is 0 Å². The second-order valence-corrected chi connectivity index (χ2v) is 5.55. The van der Waals surface area contributed by atoms with Gasteiger partial charge in [0.05, 0.1) is 12.0 Å². The van der Waals surface area contributed by atoms with Crippen molar-refractivity contribution in [1.82, 2.24) is 5.32 Å². The number of rotatable bonds is 5. The number of aliphatic hydroxyl groups is 1.